The highest BCUT2D eigenvalue weighted by Gasteiger charge is 2.34. The average Bonchev–Trinajstić information content (AvgIpc) is 3.28. The number of carboxylic acid groups (broad SMARTS) is 1. The van der Waals surface area contributed by atoms with Gasteiger partial charge in [-0.15, -0.1) is 0 Å². The van der Waals surface area contributed by atoms with Gasteiger partial charge in [0.05, 0.1) is 11.3 Å². The summed E-state index contributed by atoms with van der Waals surface area (Å²) < 4.78 is 1.39. The van der Waals surface area contributed by atoms with Crippen molar-refractivity contribution >= 4 is 72.9 Å². The molecule has 5 N–H and O–H groups in total. The molecule has 14 heteroatoms. The van der Waals surface area contributed by atoms with Gasteiger partial charge in [0, 0.05) is 78.6 Å². The number of urea groups is 2. The molecule has 3 aromatic carbocycles. The second-order valence-corrected chi connectivity index (χ2v) is 14.3. The highest BCUT2D eigenvalue weighted by Crippen LogP contribution is 2.31. The van der Waals surface area contributed by atoms with Crippen LogP contribution in [0, 0.1) is 0 Å². The van der Waals surface area contributed by atoms with Crippen LogP contribution in [0.3, 0.4) is 0 Å². The van der Waals surface area contributed by atoms with Gasteiger partial charge in [-0.1, -0.05) is 18.2 Å². The second kappa shape index (κ2) is 15.1. The number of benzene rings is 3. The number of carboxylic acids is 1. The molecule has 12 nitrogen and oxygen atoms in total. The summed E-state index contributed by atoms with van der Waals surface area (Å²) in [7, 11) is 0. The molecule has 49 heavy (non-hydrogen) atoms. The first kappa shape index (κ1) is 34.6. The fourth-order valence-corrected chi connectivity index (χ4v) is 8.05. The van der Waals surface area contributed by atoms with Gasteiger partial charge in [0.15, 0.2) is 0 Å². The molecule has 1 atom stereocenters. The van der Waals surface area contributed by atoms with E-state index in [2.05, 4.69) is 47.4 Å². The molecule has 2 saturated heterocycles. The second-order valence-electron chi connectivity index (χ2n) is 12.6. The smallest absolute Gasteiger partial charge is 0.335 e. The quantitative estimate of drug-likeness (QED) is 0.246. The number of nitrogens with one attached hydrogen (secondary N) is 2. The van der Waals surface area contributed by atoms with Crippen molar-refractivity contribution in [1.82, 2.24) is 20.0 Å². The van der Waals surface area contributed by atoms with E-state index in [-0.39, 0.29) is 36.0 Å². The van der Waals surface area contributed by atoms with Gasteiger partial charge in [-0.05, 0) is 105 Å². The maximum absolute atomic E-state index is 14.1. The van der Waals surface area contributed by atoms with Crippen LogP contribution in [0.4, 0.5) is 26.7 Å². The van der Waals surface area contributed by atoms with Crippen LogP contribution in [0.1, 0.15) is 34.3 Å². The molecule has 0 radical (unpaired) electrons. The Balaban J connectivity index is 1.10. The summed E-state index contributed by atoms with van der Waals surface area (Å²) in [5, 5.41) is 15.3. The first-order valence-electron chi connectivity index (χ1n) is 16.4. The number of rotatable bonds is 7. The van der Waals surface area contributed by atoms with Gasteiger partial charge in [0.1, 0.15) is 6.04 Å². The van der Waals surface area contributed by atoms with Crippen molar-refractivity contribution in [2.24, 2.45) is 0 Å². The predicted molar refractivity (Wildman–Crippen MR) is 195 cm³/mol. The van der Waals surface area contributed by atoms with Crippen molar-refractivity contribution in [2.45, 2.75) is 37.8 Å². The molecule has 3 aliphatic heterocycles. The molecule has 3 aliphatic rings. The van der Waals surface area contributed by atoms with E-state index in [4.69, 9.17) is 5.73 Å². The van der Waals surface area contributed by atoms with Gasteiger partial charge in [0.2, 0.25) is 5.91 Å². The number of nitrogen functional groups attached to an aromatic ring is 1. The number of carbonyl (C=O) groups is 4. The molecule has 5 amide bonds. The number of anilines is 3. The van der Waals surface area contributed by atoms with Crippen molar-refractivity contribution in [3.63, 3.8) is 0 Å². The van der Waals surface area contributed by atoms with Gasteiger partial charge < -0.3 is 41.1 Å². The predicted octanol–water partition coefficient (Wildman–Crippen LogP) is 5.02. The number of likely N-dealkylation sites (tertiary alicyclic amines) is 1. The Hall–Kier alpha value is -4.30. The Labute approximate surface area is 301 Å². The third-order valence-corrected chi connectivity index (χ3v) is 10.9. The fraction of sp³-hybridized carbons (Fsp3) is 0.371. The molecule has 3 aromatic rings. The minimum absolute atomic E-state index is 0.0110. The van der Waals surface area contributed by atoms with E-state index in [9.17, 15) is 24.3 Å². The Morgan fingerprint density at radius 1 is 0.898 bits per heavy atom. The monoisotopic (exact) mass is 795 g/mol. The molecule has 0 spiro atoms. The lowest BCUT2D eigenvalue weighted by Crippen LogP contribution is -2.58. The highest BCUT2D eigenvalue weighted by atomic mass is 79.9. The van der Waals surface area contributed by atoms with E-state index >= 15 is 0 Å². The van der Waals surface area contributed by atoms with Crippen molar-refractivity contribution in [2.75, 3.05) is 61.8 Å². The third kappa shape index (κ3) is 7.96. The van der Waals surface area contributed by atoms with Crippen LogP contribution < -0.4 is 21.3 Å². The number of nitrogens with zero attached hydrogens (tertiary/aromatic N) is 4. The summed E-state index contributed by atoms with van der Waals surface area (Å²) in [5.41, 5.74) is 10.6. The average molecular weight is 798 g/mol. The first-order chi connectivity index (χ1) is 23.6. The molecule has 0 unspecified atom stereocenters. The molecule has 258 valence electrons. The number of piperidine rings is 1. The van der Waals surface area contributed by atoms with Gasteiger partial charge in [-0.3, -0.25) is 4.79 Å². The number of carbonyl (C=O) groups excluding carboxylic acids is 3. The Kier molecular flexibility index (Phi) is 10.6. The van der Waals surface area contributed by atoms with E-state index in [1.54, 1.807) is 34.1 Å². The zero-order valence-electron chi connectivity index (χ0n) is 26.9. The van der Waals surface area contributed by atoms with E-state index in [1.807, 2.05) is 41.3 Å². The lowest BCUT2D eigenvalue weighted by atomic mass is 10.0. The van der Waals surface area contributed by atoms with Crippen molar-refractivity contribution in [1.29, 1.82) is 0 Å². The molecular formula is C35H39Br2N7O5. The molecule has 0 aliphatic carbocycles. The van der Waals surface area contributed by atoms with Crippen LogP contribution in [-0.2, 0) is 17.6 Å². The number of aromatic carboxylic acids is 1. The zero-order chi connectivity index (χ0) is 34.7. The third-order valence-electron chi connectivity index (χ3n) is 9.58. The minimum Gasteiger partial charge on any atom is -0.478 e. The van der Waals surface area contributed by atoms with Gasteiger partial charge >= 0.3 is 18.0 Å². The van der Waals surface area contributed by atoms with E-state index in [0.717, 1.165) is 28.9 Å². The van der Waals surface area contributed by atoms with Crippen LogP contribution in [0.15, 0.2) is 69.6 Å². The van der Waals surface area contributed by atoms with Crippen LogP contribution in [0.2, 0.25) is 0 Å². The number of piperazine rings is 1. The normalized spacial score (nSPS) is 17.6. The minimum atomic E-state index is -0.976. The van der Waals surface area contributed by atoms with Gasteiger partial charge in [0.25, 0.3) is 0 Å². The lowest BCUT2D eigenvalue weighted by molar-refractivity contribution is -0.133. The van der Waals surface area contributed by atoms with Crippen LogP contribution >= 0.6 is 31.9 Å². The summed E-state index contributed by atoms with van der Waals surface area (Å²) in [6.45, 7) is 3.59. The number of halogens is 2. The summed E-state index contributed by atoms with van der Waals surface area (Å²) in [4.78, 5) is 59.6. The SMILES string of the molecule is Nc1c(Br)cc(C[C@@H](NC(=O)N2CCC(N3CCc4ccccc4NC3=O)CC2)C(=O)N2CCN(c3ccc(C(=O)O)cc3)CC2)cc1Br. The molecule has 2 fully saturated rings. The number of fused-ring (bicyclic) bond motifs is 1. The van der Waals surface area contributed by atoms with E-state index in [1.165, 1.54) is 0 Å². The molecule has 6 rings (SSSR count). The summed E-state index contributed by atoms with van der Waals surface area (Å²) in [5.74, 6) is -1.15. The lowest BCUT2D eigenvalue weighted by Gasteiger charge is -2.39. The van der Waals surface area contributed by atoms with Gasteiger partial charge in [-0.25, -0.2) is 14.4 Å². The largest absolute Gasteiger partial charge is 0.478 e. The number of para-hydroxylation sites is 1. The van der Waals surface area contributed by atoms with Crippen molar-refractivity contribution in [3.8, 4) is 0 Å². The van der Waals surface area contributed by atoms with E-state index in [0.29, 0.717) is 73.3 Å². The molecule has 0 saturated carbocycles. The van der Waals surface area contributed by atoms with Crippen LogP contribution in [0.25, 0.3) is 0 Å². The van der Waals surface area contributed by atoms with Crippen LogP contribution in [0.5, 0.6) is 0 Å². The van der Waals surface area contributed by atoms with Crippen LogP contribution in [-0.4, -0.2) is 102 Å². The number of nitrogens with two attached hydrogens (primary N) is 1. The standard InChI is InChI=1S/C35H39Br2N7O5/c36-27-19-22(20-28(37)31(27)38)21-30(32(45)42-17-15-41(16-18-42)25-7-5-24(6-8-25)33(46)47)40-34(48)43-12-10-26(11-13-43)44-14-9-23-3-1-2-4-29(23)39-35(44)49/h1-8,19-20,26,30H,9-18,21,38H2,(H,39,49)(H,40,48)(H,46,47)/t30-/m1/s1. The van der Waals surface area contributed by atoms with Gasteiger partial charge in [-0.2, -0.15) is 0 Å². The topological polar surface area (TPSA) is 152 Å². The highest BCUT2D eigenvalue weighted by molar-refractivity contribution is 9.11. The van der Waals surface area contributed by atoms with Crippen molar-refractivity contribution < 1.29 is 24.3 Å². The maximum atomic E-state index is 14.1. The molecule has 0 aromatic heterocycles. The Morgan fingerprint density at radius 2 is 1.55 bits per heavy atom. The fourth-order valence-electron chi connectivity index (χ4n) is 6.77. The number of hydrogen-bond acceptors (Lipinski definition) is 6. The first-order valence-corrected chi connectivity index (χ1v) is 18.0. The number of amides is 5. The maximum Gasteiger partial charge on any atom is 0.335 e. The summed E-state index contributed by atoms with van der Waals surface area (Å²) in [6, 6.07) is 17.1. The summed E-state index contributed by atoms with van der Waals surface area (Å²) in [6.07, 6.45) is 2.32. The molecular weight excluding hydrogens is 758 g/mol. The molecule has 3 heterocycles. The summed E-state index contributed by atoms with van der Waals surface area (Å²) >= 11 is 6.99. The van der Waals surface area contributed by atoms with E-state index < -0.39 is 12.0 Å². The number of hydrogen-bond donors (Lipinski definition) is 4. The molecule has 0 bridgehead atoms. The Morgan fingerprint density at radius 3 is 2.20 bits per heavy atom. The Bertz CT molecular complexity index is 1700. The zero-order valence-corrected chi connectivity index (χ0v) is 30.1. The van der Waals surface area contributed by atoms with Crippen molar-refractivity contribution in [3.05, 3.63) is 86.3 Å².